The minimum absolute atomic E-state index is 0.467. The maximum absolute atomic E-state index is 5.54. The molecule has 1 aliphatic rings. The van der Waals surface area contributed by atoms with Crippen molar-refractivity contribution < 1.29 is 0 Å². The highest BCUT2D eigenvalue weighted by Gasteiger charge is 2.25. The van der Waals surface area contributed by atoms with Gasteiger partial charge in [0.1, 0.15) is 0 Å². The molecule has 0 nitrogen and oxygen atoms in total. The third kappa shape index (κ3) is 2.70. The van der Waals surface area contributed by atoms with Gasteiger partial charge in [0.05, 0.1) is 4.44 Å². The van der Waals surface area contributed by atoms with Gasteiger partial charge in [-0.2, -0.15) is 0 Å². The molecule has 0 amide bonds. The van der Waals surface area contributed by atoms with Gasteiger partial charge in [-0.3, -0.25) is 0 Å². The third-order valence-corrected chi connectivity index (χ3v) is 13.3. The van der Waals surface area contributed by atoms with Crippen LogP contribution in [0.15, 0.2) is 0 Å². The summed E-state index contributed by atoms with van der Waals surface area (Å²) in [5, 5.41) is 0. The molecule has 1 heterocycles. The smallest absolute Gasteiger partial charge is 0.0581 e. The van der Waals surface area contributed by atoms with Gasteiger partial charge in [0.25, 0.3) is 0 Å². The van der Waals surface area contributed by atoms with Crippen LogP contribution in [0, 0.1) is 18.3 Å². The Kier molecular flexibility index (Phi) is 3.85. The quantitative estimate of drug-likeness (QED) is 0.494. The molecule has 1 rings (SSSR count). The molecule has 0 aliphatic carbocycles. The molecule has 1 fully saturated rings. The maximum Gasteiger partial charge on any atom is 0.0581 e. The van der Waals surface area contributed by atoms with Gasteiger partial charge in [0.2, 0.25) is 0 Å². The first-order valence-electron chi connectivity index (χ1n) is 3.45. The predicted octanol–water partition coefficient (Wildman–Crippen LogP) is 3.05. The average molecular weight is 222 g/mol. The molecule has 11 heavy (non-hydrogen) atoms. The van der Waals surface area contributed by atoms with E-state index in [9.17, 15) is 0 Å². The lowest BCUT2D eigenvalue weighted by Crippen LogP contribution is -2.08. The highest BCUT2D eigenvalue weighted by atomic mass is 33.2. The molecule has 0 saturated carbocycles. The monoisotopic (exact) mass is 222 g/mol. The first-order chi connectivity index (χ1) is 5.20. The summed E-state index contributed by atoms with van der Waals surface area (Å²) in [6.45, 7) is 0. The van der Waals surface area contributed by atoms with Gasteiger partial charge >= 0.3 is 0 Å². The van der Waals surface area contributed by atoms with Crippen LogP contribution in [0.4, 0.5) is 0 Å². The molecule has 0 radical (unpaired) electrons. The van der Waals surface area contributed by atoms with Crippen LogP contribution in [0.25, 0.3) is 0 Å². The molecule has 0 bridgehead atoms. The van der Waals surface area contributed by atoms with E-state index in [0.717, 1.165) is 6.16 Å². The van der Waals surface area contributed by atoms with Crippen LogP contribution in [0.5, 0.6) is 0 Å². The molecular formula is C7H11PS3. The van der Waals surface area contributed by atoms with Gasteiger partial charge in [-0.15, -0.1) is 35.1 Å². The molecule has 0 spiro atoms. The predicted molar refractivity (Wildman–Crippen MR) is 62.1 cm³/mol. The molecule has 4 heteroatoms. The van der Waals surface area contributed by atoms with Gasteiger partial charge in [-0.25, -0.2) is 0 Å². The number of terminal acetylenes is 1. The van der Waals surface area contributed by atoms with Gasteiger partial charge in [-0.05, 0) is 12.7 Å². The second-order valence-corrected chi connectivity index (χ2v) is 14.6. The highest BCUT2D eigenvalue weighted by Crippen LogP contribution is 2.71. The number of hydrogen-bond acceptors (Lipinski definition) is 3. The van der Waals surface area contributed by atoms with Gasteiger partial charge < -0.3 is 0 Å². The van der Waals surface area contributed by atoms with Crippen LogP contribution in [0.2, 0.25) is 0 Å². The summed E-state index contributed by atoms with van der Waals surface area (Å²) in [6.07, 6.45) is 9.77. The van der Waals surface area contributed by atoms with E-state index in [2.05, 4.69) is 12.2 Å². The third-order valence-electron chi connectivity index (χ3n) is 1.71. The van der Waals surface area contributed by atoms with E-state index in [1.165, 1.54) is 12.2 Å². The Labute approximate surface area is 81.8 Å². The molecule has 2 unspecified atom stereocenters. The van der Waals surface area contributed by atoms with Crippen LogP contribution < -0.4 is 0 Å². The fourth-order valence-electron chi connectivity index (χ4n) is 1.01. The van der Waals surface area contributed by atoms with E-state index in [-0.39, 0.29) is 0 Å². The Morgan fingerprint density at radius 2 is 2.55 bits per heavy atom. The molecule has 0 aromatic rings. The van der Waals surface area contributed by atoms with Crippen LogP contribution in [-0.2, 0) is 11.8 Å². The van der Waals surface area contributed by atoms with Crippen molar-refractivity contribution in [3.63, 3.8) is 0 Å². The van der Waals surface area contributed by atoms with Crippen molar-refractivity contribution in [2.24, 2.45) is 5.92 Å². The summed E-state index contributed by atoms with van der Waals surface area (Å²) in [6, 6.07) is 0. The van der Waals surface area contributed by atoms with Crippen LogP contribution in [0.1, 0.15) is 6.42 Å². The zero-order chi connectivity index (χ0) is 8.32. The standard InChI is InChI=1S/C7H11PS3/c1-3-7-4-5-11-8(9,6-7)10-2/h1,7H,4-6H2,2H3. The molecule has 0 aromatic heterocycles. The summed E-state index contributed by atoms with van der Waals surface area (Å²) in [5.74, 6) is 4.47. The van der Waals surface area contributed by atoms with E-state index >= 15 is 0 Å². The fourth-order valence-corrected chi connectivity index (χ4v) is 9.01. The van der Waals surface area contributed by atoms with Crippen molar-refractivity contribution >= 4 is 39.0 Å². The Bertz CT molecular complexity index is 218. The largest absolute Gasteiger partial charge is 0.120 e. The lowest BCUT2D eigenvalue weighted by molar-refractivity contribution is 0.738. The van der Waals surface area contributed by atoms with Gasteiger partial charge in [0, 0.05) is 17.8 Å². The lowest BCUT2D eigenvalue weighted by atomic mass is 10.1. The Morgan fingerprint density at radius 3 is 3.09 bits per heavy atom. The molecular weight excluding hydrogens is 211 g/mol. The second kappa shape index (κ2) is 4.23. The van der Waals surface area contributed by atoms with Crippen molar-refractivity contribution in [3.05, 3.63) is 0 Å². The van der Waals surface area contributed by atoms with Crippen molar-refractivity contribution in [1.29, 1.82) is 0 Å². The topological polar surface area (TPSA) is 0 Å². The van der Waals surface area contributed by atoms with Crippen molar-refractivity contribution in [2.45, 2.75) is 6.42 Å². The summed E-state index contributed by atoms with van der Waals surface area (Å²) < 4.78 is -1.14. The molecule has 0 aromatic carbocycles. The zero-order valence-corrected chi connectivity index (χ0v) is 9.79. The molecule has 0 N–H and O–H groups in total. The molecule has 2 atom stereocenters. The fraction of sp³-hybridized carbons (Fsp3) is 0.714. The Morgan fingerprint density at radius 1 is 1.82 bits per heavy atom. The van der Waals surface area contributed by atoms with E-state index in [1.54, 1.807) is 0 Å². The van der Waals surface area contributed by atoms with Crippen molar-refractivity contribution in [3.8, 4) is 12.3 Å². The minimum Gasteiger partial charge on any atom is -0.120 e. The van der Waals surface area contributed by atoms with E-state index in [0.29, 0.717) is 5.92 Å². The second-order valence-electron chi connectivity index (χ2n) is 2.46. The van der Waals surface area contributed by atoms with E-state index < -0.39 is 4.44 Å². The SMILES string of the molecule is C#CC1CCSP(=S)(SC)C1. The summed E-state index contributed by atoms with van der Waals surface area (Å²) >= 11 is 9.38. The van der Waals surface area contributed by atoms with E-state index in [1.807, 2.05) is 22.8 Å². The summed E-state index contributed by atoms with van der Waals surface area (Å²) in [7, 11) is 0. The Balaban J connectivity index is 2.61. The summed E-state index contributed by atoms with van der Waals surface area (Å²) in [5.41, 5.74) is 0. The number of hydrogen-bond donors (Lipinski definition) is 0. The first kappa shape index (κ1) is 9.99. The average Bonchev–Trinajstić information content (AvgIpc) is 2.05. The lowest BCUT2D eigenvalue weighted by Gasteiger charge is -2.27. The zero-order valence-electron chi connectivity index (χ0n) is 6.45. The van der Waals surface area contributed by atoms with Crippen molar-refractivity contribution in [1.82, 2.24) is 0 Å². The molecule has 1 aliphatic heterocycles. The minimum atomic E-state index is -1.14. The summed E-state index contributed by atoms with van der Waals surface area (Å²) in [4.78, 5) is 0. The Hall–Kier alpha value is 0.910. The molecule has 1 saturated heterocycles. The van der Waals surface area contributed by atoms with Crippen LogP contribution in [0.3, 0.4) is 0 Å². The number of rotatable bonds is 1. The maximum atomic E-state index is 5.54. The van der Waals surface area contributed by atoms with Crippen LogP contribution >= 0.6 is 27.2 Å². The normalized spacial score (nSPS) is 38.0. The van der Waals surface area contributed by atoms with Crippen LogP contribution in [-0.4, -0.2) is 18.2 Å². The first-order valence-corrected chi connectivity index (χ1v) is 9.86. The highest BCUT2D eigenvalue weighted by molar-refractivity contribution is 9.00. The molecule has 62 valence electrons. The van der Waals surface area contributed by atoms with Gasteiger partial charge in [0.15, 0.2) is 0 Å². The van der Waals surface area contributed by atoms with Crippen molar-refractivity contribution in [2.75, 3.05) is 18.2 Å². The van der Waals surface area contributed by atoms with E-state index in [4.69, 9.17) is 18.2 Å². The van der Waals surface area contributed by atoms with Gasteiger partial charge in [-0.1, -0.05) is 11.8 Å².